The number of benzene rings is 3. The van der Waals surface area contributed by atoms with Crippen molar-refractivity contribution >= 4 is 7.82 Å². The highest BCUT2D eigenvalue weighted by molar-refractivity contribution is 7.49. The van der Waals surface area contributed by atoms with Gasteiger partial charge >= 0.3 is 7.82 Å². The summed E-state index contributed by atoms with van der Waals surface area (Å²) in [6, 6.07) is 22.3. The predicted octanol–water partition coefficient (Wildman–Crippen LogP) is 5.54. The Hall–Kier alpha value is -2.71. The summed E-state index contributed by atoms with van der Waals surface area (Å²) in [5, 5.41) is 0. The van der Waals surface area contributed by atoms with Gasteiger partial charge in [0.2, 0.25) is 0 Å². The van der Waals surface area contributed by atoms with Crippen LogP contribution < -0.4 is 13.6 Å². The number of hydrogen-bond acceptors (Lipinski definition) is 4. The van der Waals surface area contributed by atoms with Gasteiger partial charge in [0.1, 0.15) is 17.2 Å². The highest BCUT2D eigenvalue weighted by Crippen LogP contribution is 2.52. The maximum absolute atomic E-state index is 13.3. The Kier molecular flexibility index (Phi) is 3.98. The molecule has 0 spiro atoms. The average molecular weight is 352 g/mol. The molecule has 1 aliphatic heterocycles. The lowest BCUT2D eigenvalue weighted by atomic mass is 10.0. The molecule has 3 aromatic carbocycles. The number of para-hydroxylation sites is 2. The topological polar surface area (TPSA) is 44.8 Å². The summed E-state index contributed by atoms with van der Waals surface area (Å²) in [7, 11) is -3.89. The van der Waals surface area contributed by atoms with Gasteiger partial charge in [0.05, 0.1) is 0 Å². The predicted molar refractivity (Wildman–Crippen MR) is 96.4 cm³/mol. The monoisotopic (exact) mass is 352 g/mol. The molecule has 0 N–H and O–H groups in total. The lowest BCUT2D eigenvalue weighted by Crippen LogP contribution is -2.12. The minimum absolute atomic E-state index is 0.443. The molecule has 126 valence electrons. The Bertz CT molecular complexity index is 916. The van der Waals surface area contributed by atoms with Gasteiger partial charge in [0.15, 0.2) is 0 Å². The Morgan fingerprint density at radius 2 is 1.44 bits per heavy atom. The SMILES string of the molecule is Cc1cccc(OP2(=O)Oc3ccccc3Cc3ccccc3O2)c1. The van der Waals surface area contributed by atoms with Crippen molar-refractivity contribution < 1.29 is 18.1 Å². The van der Waals surface area contributed by atoms with Crippen LogP contribution in [-0.2, 0) is 11.0 Å². The molecular weight excluding hydrogens is 335 g/mol. The number of rotatable bonds is 2. The molecule has 0 amide bonds. The maximum atomic E-state index is 13.3. The third-order valence-corrected chi connectivity index (χ3v) is 5.23. The zero-order chi connectivity index (χ0) is 17.3. The summed E-state index contributed by atoms with van der Waals surface area (Å²) in [5.41, 5.74) is 2.87. The van der Waals surface area contributed by atoms with Crippen molar-refractivity contribution in [3.63, 3.8) is 0 Å². The normalized spacial score (nSPS) is 14.8. The molecule has 0 unspecified atom stereocenters. The van der Waals surface area contributed by atoms with Gasteiger partial charge in [-0.1, -0.05) is 48.5 Å². The van der Waals surface area contributed by atoms with E-state index < -0.39 is 7.82 Å². The van der Waals surface area contributed by atoms with Gasteiger partial charge in [-0.05, 0) is 47.9 Å². The van der Waals surface area contributed by atoms with Crippen molar-refractivity contribution in [2.75, 3.05) is 0 Å². The zero-order valence-electron chi connectivity index (χ0n) is 13.7. The molecule has 1 aliphatic rings. The van der Waals surface area contributed by atoms with Crippen LogP contribution in [0.3, 0.4) is 0 Å². The molecule has 4 nitrogen and oxygen atoms in total. The van der Waals surface area contributed by atoms with E-state index in [0.717, 1.165) is 16.7 Å². The van der Waals surface area contributed by atoms with Crippen molar-refractivity contribution in [1.82, 2.24) is 0 Å². The number of fused-ring (bicyclic) bond motifs is 2. The Morgan fingerprint density at radius 3 is 2.04 bits per heavy atom. The van der Waals surface area contributed by atoms with Gasteiger partial charge in [-0.2, -0.15) is 4.57 Å². The van der Waals surface area contributed by atoms with Crippen LogP contribution in [0.25, 0.3) is 0 Å². The van der Waals surface area contributed by atoms with Gasteiger partial charge < -0.3 is 13.6 Å². The van der Waals surface area contributed by atoms with E-state index in [1.54, 1.807) is 24.3 Å². The molecule has 0 saturated carbocycles. The van der Waals surface area contributed by atoms with Crippen LogP contribution in [0.5, 0.6) is 17.2 Å². The van der Waals surface area contributed by atoms with Crippen molar-refractivity contribution in [3.8, 4) is 17.2 Å². The lowest BCUT2D eigenvalue weighted by molar-refractivity contribution is 0.294. The third-order valence-electron chi connectivity index (χ3n) is 3.95. The number of aryl methyl sites for hydroxylation is 1. The molecule has 0 radical (unpaired) electrons. The average Bonchev–Trinajstić information content (AvgIpc) is 2.57. The van der Waals surface area contributed by atoms with Crippen molar-refractivity contribution in [2.24, 2.45) is 0 Å². The largest absolute Gasteiger partial charge is 0.647 e. The van der Waals surface area contributed by atoms with Crippen LogP contribution in [0.2, 0.25) is 0 Å². The lowest BCUT2D eigenvalue weighted by Gasteiger charge is -2.24. The van der Waals surface area contributed by atoms with E-state index in [1.807, 2.05) is 55.5 Å². The molecule has 1 heterocycles. The van der Waals surface area contributed by atoms with E-state index in [1.165, 1.54) is 0 Å². The maximum Gasteiger partial charge on any atom is 0.647 e. The smallest absolute Gasteiger partial charge is 0.386 e. The Balaban J connectivity index is 1.78. The van der Waals surface area contributed by atoms with Gasteiger partial charge in [-0.3, -0.25) is 0 Å². The van der Waals surface area contributed by atoms with E-state index in [9.17, 15) is 4.57 Å². The van der Waals surface area contributed by atoms with Crippen LogP contribution in [0.1, 0.15) is 16.7 Å². The quantitative estimate of drug-likeness (QED) is 0.568. The summed E-state index contributed by atoms with van der Waals surface area (Å²) >= 11 is 0. The van der Waals surface area contributed by atoms with Crippen LogP contribution in [0.4, 0.5) is 0 Å². The molecule has 0 aromatic heterocycles. The molecule has 4 rings (SSSR count). The van der Waals surface area contributed by atoms with Crippen LogP contribution >= 0.6 is 7.82 Å². The Morgan fingerprint density at radius 1 is 0.840 bits per heavy atom. The highest BCUT2D eigenvalue weighted by Gasteiger charge is 2.36. The second-order valence-electron chi connectivity index (χ2n) is 5.93. The fourth-order valence-corrected chi connectivity index (χ4v) is 4.10. The van der Waals surface area contributed by atoms with Crippen molar-refractivity contribution in [1.29, 1.82) is 0 Å². The zero-order valence-corrected chi connectivity index (χ0v) is 14.6. The number of hydrogen-bond donors (Lipinski definition) is 0. The van der Waals surface area contributed by atoms with Gasteiger partial charge in [0, 0.05) is 6.42 Å². The molecule has 3 aromatic rings. The van der Waals surface area contributed by atoms with Crippen molar-refractivity contribution in [3.05, 3.63) is 89.5 Å². The summed E-state index contributed by atoms with van der Waals surface area (Å²) in [6.07, 6.45) is 0.636. The molecule has 25 heavy (non-hydrogen) atoms. The van der Waals surface area contributed by atoms with Crippen molar-refractivity contribution in [2.45, 2.75) is 13.3 Å². The minimum atomic E-state index is -3.89. The third kappa shape index (κ3) is 3.40. The van der Waals surface area contributed by atoms with Crippen LogP contribution in [0.15, 0.2) is 72.8 Å². The van der Waals surface area contributed by atoms with Gasteiger partial charge in [-0.15, -0.1) is 0 Å². The van der Waals surface area contributed by atoms with E-state index in [4.69, 9.17) is 13.6 Å². The first-order valence-electron chi connectivity index (χ1n) is 8.03. The first-order valence-corrected chi connectivity index (χ1v) is 9.49. The minimum Gasteiger partial charge on any atom is -0.386 e. The van der Waals surface area contributed by atoms with E-state index in [-0.39, 0.29) is 0 Å². The first kappa shape index (κ1) is 15.8. The summed E-state index contributed by atoms with van der Waals surface area (Å²) < 4.78 is 30.5. The first-order chi connectivity index (χ1) is 12.1. The van der Waals surface area contributed by atoms with E-state index >= 15 is 0 Å². The fourth-order valence-electron chi connectivity index (χ4n) is 2.78. The Labute approximate surface area is 146 Å². The van der Waals surface area contributed by atoms with Crippen LogP contribution in [0, 0.1) is 6.92 Å². The molecule has 0 fully saturated rings. The second-order valence-corrected chi connectivity index (χ2v) is 7.37. The second kappa shape index (κ2) is 6.30. The summed E-state index contributed by atoms with van der Waals surface area (Å²) in [5.74, 6) is 1.46. The summed E-state index contributed by atoms with van der Waals surface area (Å²) in [4.78, 5) is 0. The van der Waals surface area contributed by atoms with Gasteiger partial charge in [0.25, 0.3) is 0 Å². The molecule has 0 saturated heterocycles. The van der Waals surface area contributed by atoms with E-state index in [0.29, 0.717) is 23.7 Å². The molecule has 0 bridgehead atoms. The van der Waals surface area contributed by atoms with Crippen LogP contribution in [-0.4, -0.2) is 0 Å². The standard InChI is InChI=1S/C20H17O4P/c1-15-7-6-10-18(13-15)22-25(21)23-19-11-4-2-8-16(19)14-17-9-3-5-12-20(17)24-25/h2-13H,14H2,1H3. The van der Waals surface area contributed by atoms with Gasteiger partial charge in [-0.25, -0.2) is 0 Å². The van der Waals surface area contributed by atoms with E-state index in [2.05, 4.69) is 0 Å². The number of phosphoric ester groups is 1. The molecule has 0 aliphatic carbocycles. The number of phosphoric acid groups is 1. The fraction of sp³-hybridized carbons (Fsp3) is 0.100. The molecule has 0 atom stereocenters. The summed E-state index contributed by atoms with van der Waals surface area (Å²) in [6.45, 7) is 1.94. The molecular formula is C20H17O4P. The molecule has 5 heteroatoms. The highest BCUT2D eigenvalue weighted by atomic mass is 31.2.